The predicted molar refractivity (Wildman–Crippen MR) is 254 cm³/mol. The molecule has 5 aliphatic heterocycles. The zero-order valence-electron chi connectivity index (χ0n) is 40.1. The van der Waals surface area contributed by atoms with Crippen LogP contribution in [0.3, 0.4) is 0 Å². The largest absolute Gasteiger partial charge is 0.464 e. The number of morpholine rings is 1. The van der Waals surface area contributed by atoms with Crippen LogP contribution in [0.2, 0.25) is 0 Å². The topological polar surface area (TPSA) is 182 Å². The van der Waals surface area contributed by atoms with Crippen molar-refractivity contribution >= 4 is 45.9 Å². The van der Waals surface area contributed by atoms with Gasteiger partial charge in [0.1, 0.15) is 24.2 Å². The van der Waals surface area contributed by atoms with Gasteiger partial charge in [-0.2, -0.15) is 13.2 Å². The molecule has 376 valence electrons. The van der Waals surface area contributed by atoms with Crippen molar-refractivity contribution in [2.24, 2.45) is 11.3 Å². The maximum absolute atomic E-state index is 15.0. The van der Waals surface area contributed by atoms with Crippen LogP contribution in [0.15, 0.2) is 41.9 Å². The summed E-state index contributed by atoms with van der Waals surface area (Å²) in [7, 11) is 1.53. The molecule has 16 nitrogen and oxygen atoms in total. The number of fused-ring (bicyclic) bond motifs is 6. The second-order valence-corrected chi connectivity index (χ2v) is 21.8. The van der Waals surface area contributed by atoms with Gasteiger partial charge in [-0.05, 0) is 74.8 Å². The van der Waals surface area contributed by atoms with Crippen LogP contribution in [0.25, 0.3) is 33.4 Å². The van der Waals surface area contributed by atoms with Crippen molar-refractivity contribution in [2.75, 3.05) is 59.6 Å². The van der Waals surface area contributed by atoms with Gasteiger partial charge in [0.25, 0.3) is 5.91 Å². The van der Waals surface area contributed by atoms with Crippen molar-refractivity contribution < 1.29 is 46.6 Å². The molecule has 3 amide bonds. The summed E-state index contributed by atoms with van der Waals surface area (Å²) in [5, 5.41) is 10.7. The molecule has 5 atom stereocenters. The number of alkyl halides is 3. The van der Waals surface area contributed by atoms with E-state index >= 15 is 0 Å². The van der Waals surface area contributed by atoms with E-state index in [1.54, 1.807) is 37.4 Å². The highest BCUT2D eigenvalue weighted by atomic mass is 32.1. The molecule has 1 aromatic carbocycles. The van der Waals surface area contributed by atoms with Crippen LogP contribution in [0.1, 0.15) is 81.7 Å². The Balaban J connectivity index is 1.01. The molecule has 6 aliphatic rings. The summed E-state index contributed by atoms with van der Waals surface area (Å²) in [5.41, 5.74) is 5.35. The van der Waals surface area contributed by atoms with E-state index in [9.17, 15) is 32.3 Å². The smallest absolute Gasteiger partial charge is 0.406 e. The molecule has 1 saturated carbocycles. The lowest BCUT2D eigenvalue weighted by atomic mass is 9.84. The number of hydrogen-bond acceptors (Lipinski definition) is 13. The van der Waals surface area contributed by atoms with E-state index in [-0.39, 0.29) is 43.2 Å². The Bertz CT molecular complexity index is 2640. The van der Waals surface area contributed by atoms with E-state index in [1.807, 2.05) is 30.2 Å². The first kappa shape index (κ1) is 48.6. The number of thiazole rings is 1. The Morgan fingerprint density at radius 2 is 1.86 bits per heavy atom. The quantitative estimate of drug-likeness (QED) is 0.148. The first-order chi connectivity index (χ1) is 33.5. The average molecular weight is 990 g/mol. The highest BCUT2D eigenvalue weighted by molar-refractivity contribution is 7.10. The van der Waals surface area contributed by atoms with Crippen molar-refractivity contribution in [3.05, 3.63) is 58.2 Å². The van der Waals surface area contributed by atoms with E-state index in [1.165, 1.54) is 28.0 Å². The highest BCUT2D eigenvalue weighted by Crippen LogP contribution is 2.43. The van der Waals surface area contributed by atoms with E-state index in [0.29, 0.717) is 108 Å². The third kappa shape index (κ3) is 9.95. The van der Waals surface area contributed by atoms with Crippen LogP contribution in [0.5, 0.6) is 0 Å². The lowest BCUT2D eigenvalue weighted by molar-refractivity contribution is -0.197. The van der Waals surface area contributed by atoms with Crippen LogP contribution >= 0.6 is 11.3 Å². The molecule has 20 heteroatoms. The number of pyridine rings is 1. The molecule has 10 rings (SSSR count). The fraction of sp³-hybridized carbons (Fsp3) is 0.600. The molecule has 0 unspecified atom stereocenters. The third-order valence-electron chi connectivity index (χ3n) is 14.9. The minimum atomic E-state index is -4.58. The SMILES string of the molecule is CO[C@@H](C)c1ncccc1-c1c2c3cc(ccc3n1CC(F)(F)F)-c1csc(n1)C[C@H](NC(=O)[C@H](C1CCCC1)N1CCOC3(CN(C(=O)[C@H]4CN4)C3)C1)C(=O)N1CCC[C@H](N1)C(=O)OCC(C)(C)C2. The van der Waals surface area contributed by atoms with Crippen LogP contribution in [0.4, 0.5) is 13.2 Å². The number of methoxy groups -OCH3 is 1. The van der Waals surface area contributed by atoms with Gasteiger partial charge in [0.2, 0.25) is 11.8 Å². The fourth-order valence-electron chi connectivity index (χ4n) is 11.3. The van der Waals surface area contributed by atoms with Gasteiger partial charge < -0.3 is 34.3 Å². The zero-order valence-corrected chi connectivity index (χ0v) is 40.9. The summed E-state index contributed by atoms with van der Waals surface area (Å²) in [6, 6.07) is 6.19. The van der Waals surface area contributed by atoms with Crippen molar-refractivity contribution in [1.82, 2.24) is 45.4 Å². The third-order valence-corrected chi connectivity index (χ3v) is 15.8. The molecule has 8 heterocycles. The van der Waals surface area contributed by atoms with E-state index in [0.717, 1.165) is 25.7 Å². The molecular weight excluding hydrogens is 928 g/mol. The molecule has 1 aliphatic carbocycles. The predicted octanol–water partition coefficient (Wildman–Crippen LogP) is 5.19. The molecule has 3 N–H and O–H groups in total. The number of hydrogen-bond donors (Lipinski definition) is 3. The minimum Gasteiger partial charge on any atom is -0.464 e. The number of nitrogens with zero attached hydrogens (tertiary/aromatic N) is 6. The first-order valence-electron chi connectivity index (χ1n) is 24.6. The number of esters is 1. The second kappa shape index (κ2) is 19.2. The highest BCUT2D eigenvalue weighted by Gasteiger charge is 2.53. The summed E-state index contributed by atoms with van der Waals surface area (Å²) in [4.78, 5) is 70.3. The number of cyclic esters (lactones) is 1. The molecule has 70 heavy (non-hydrogen) atoms. The number of rotatable bonds is 9. The van der Waals surface area contributed by atoms with Gasteiger partial charge in [-0.25, -0.2) is 10.4 Å². The van der Waals surface area contributed by atoms with Crippen molar-refractivity contribution in [2.45, 2.75) is 121 Å². The summed E-state index contributed by atoms with van der Waals surface area (Å²) >= 11 is 1.33. The first-order valence-corrected chi connectivity index (χ1v) is 25.5. The van der Waals surface area contributed by atoms with Gasteiger partial charge in [-0.15, -0.1) is 11.3 Å². The molecule has 6 bridgehead atoms. The number of nitrogens with one attached hydrogen (secondary N) is 3. The van der Waals surface area contributed by atoms with Gasteiger partial charge >= 0.3 is 12.1 Å². The maximum atomic E-state index is 15.0. The van der Waals surface area contributed by atoms with E-state index in [4.69, 9.17) is 19.2 Å². The standard InChI is InChI=1S/C50H62F3N9O7S/c1-29(67-4)41-32(11-7-15-54-41)43-34-21-48(2,3)28-68-47(66)35-12-8-16-62(58-35)46(65)36(20-40-56-38(23-70-40)31-13-14-39(33(34)19-31)61(43)27-50(51,52)53)57-44(63)42(30-9-5-6-10-30)59-17-18-69-49(24-59)25-60(26-49)45(64)37-22-55-37/h7,11,13-15,19,23,29-30,35-37,42,55,58H,5-6,8-10,12,16-18,20-22,24-28H2,1-4H3,(H,57,63)/t29-,35-,36-,37+,42-/m0/s1. The number of hydrazine groups is 1. The van der Waals surface area contributed by atoms with E-state index in [2.05, 4.69) is 25.9 Å². The van der Waals surface area contributed by atoms with Gasteiger partial charge in [0.05, 0.1) is 66.6 Å². The Labute approximate surface area is 408 Å². The number of likely N-dealkylation sites (tertiary alicyclic amines) is 1. The van der Waals surface area contributed by atoms with Crippen molar-refractivity contribution in [3.8, 4) is 22.5 Å². The molecule has 0 radical (unpaired) electrons. The molecule has 4 saturated heterocycles. The summed E-state index contributed by atoms with van der Waals surface area (Å²) in [6.07, 6.45) is 1.38. The Hall–Kier alpha value is -4.99. The van der Waals surface area contributed by atoms with Gasteiger partial charge in [-0.3, -0.25) is 34.1 Å². The maximum Gasteiger partial charge on any atom is 0.406 e. The fourth-order valence-corrected chi connectivity index (χ4v) is 12.2. The van der Waals surface area contributed by atoms with E-state index < -0.39 is 59.8 Å². The second-order valence-electron chi connectivity index (χ2n) is 20.9. The molecule has 5 fully saturated rings. The molecule has 3 aromatic heterocycles. The molecule has 4 aromatic rings. The van der Waals surface area contributed by atoms with Gasteiger partial charge in [0.15, 0.2) is 0 Å². The minimum absolute atomic E-state index is 0.0501. The van der Waals surface area contributed by atoms with Gasteiger partial charge in [-0.1, -0.05) is 32.8 Å². The summed E-state index contributed by atoms with van der Waals surface area (Å²) in [5.74, 6) is -1.10. The van der Waals surface area contributed by atoms with Crippen LogP contribution in [0, 0.1) is 11.3 Å². The zero-order chi connectivity index (χ0) is 49.1. The Morgan fingerprint density at radius 3 is 2.60 bits per heavy atom. The number of carbonyl (C=O) groups is 4. The number of ether oxygens (including phenoxy) is 3. The van der Waals surface area contributed by atoms with Crippen LogP contribution in [-0.4, -0.2) is 149 Å². The average Bonchev–Trinajstić information content (AvgIpc) is 3.71. The van der Waals surface area contributed by atoms with Crippen LogP contribution in [-0.2, 0) is 52.8 Å². The lowest BCUT2D eigenvalue weighted by Crippen LogP contribution is -2.73. The Morgan fingerprint density at radius 1 is 1.07 bits per heavy atom. The normalized spacial score (nSPS) is 25.0. The molecule has 1 spiro atoms. The van der Waals surface area contributed by atoms with Crippen molar-refractivity contribution in [1.29, 1.82) is 0 Å². The van der Waals surface area contributed by atoms with Gasteiger partial charge in [0, 0.05) is 78.7 Å². The van der Waals surface area contributed by atoms with Crippen molar-refractivity contribution in [3.63, 3.8) is 0 Å². The number of carbonyl (C=O) groups excluding carboxylic acids is 4. The number of aromatic nitrogens is 3. The van der Waals surface area contributed by atoms with Crippen LogP contribution < -0.4 is 16.1 Å². The summed E-state index contributed by atoms with van der Waals surface area (Å²) in [6.45, 7) is 7.62. The lowest BCUT2D eigenvalue weighted by Gasteiger charge is -2.55. The number of benzene rings is 1. The monoisotopic (exact) mass is 989 g/mol. The number of amides is 3. The Kier molecular flexibility index (Phi) is 13.3. The molecular formula is C50H62F3N9O7S. The summed E-state index contributed by atoms with van der Waals surface area (Å²) < 4.78 is 63.5. The number of halogens is 3.